The van der Waals surface area contributed by atoms with Gasteiger partial charge in [0.25, 0.3) is 11.6 Å². The average Bonchev–Trinajstić information content (AvgIpc) is 2.26. The maximum absolute atomic E-state index is 11.5. The van der Waals surface area contributed by atoms with Crippen LogP contribution in [0.2, 0.25) is 0 Å². The van der Waals surface area contributed by atoms with Crippen molar-refractivity contribution in [3.05, 3.63) is 33.9 Å². The first-order valence-corrected chi connectivity index (χ1v) is 4.66. The van der Waals surface area contributed by atoms with E-state index in [1.54, 1.807) is 0 Å². The molecule has 0 atom stereocenters. The van der Waals surface area contributed by atoms with Gasteiger partial charge in [-0.2, -0.15) is 0 Å². The normalized spacial score (nSPS) is 9.41. The molecule has 0 spiro atoms. The van der Waals surface area contributed by atoms with E-state index in [-0.39, 0.29) is 16.4 Å². The van der Waals surface area contributed by atoms with Gasteiger partial charge in [-0.3, -0.25) is 25.8 Å². The van der Waals surface area contributed by atoms with Gasteiger partial charge in [0.1, 0.15) is 5.75 Å². The number of nitrogens with zero attached hydrogens (tertiary/aromatic N) is 1. The lowest BCUT2D eigenvalue weighted by Gasteiger charge is -2.07. The van der Waals surface area contributed by atoms with Crippen LogP contribution in [0.25, 0.3) is 0 Å². The highest BCUT2D eigenvalue weighted by Crippen LogP contribution is 2.22. The Morgan fingerprint density at radius 2 is 2.12 bits per heavy atom. The Morgan fingerprint density at radius 1 is 1.47 bits per heavy atom. The summed E-state index contributed by atoms with van der Waals surface area (Å²) < 4.78 is 0. The third-order valence-electron chi connectivity index (χ3n) is 1.73. The van der Waals surface area contributed by atoms with E-state index in [9.17, 15) is 20.0 Å². The summed E-state index contributed by atoms with van der Waals surface area (Å²) >= 11 is 4.45. The quantitative estimate of drug-likeness (QED) is 0.327. The molecule has 0 saturated carbocycles. The average molecular weight is 256 g/mol. The van der Waals surface area contributed by atoms with Crippen molar-refractivity contribution in [2.45, 2.75) is 0 Å². The zero-order valence-corrected chi connectivity index (χ0v) is 9.15. The van der Waals surface area contributed by atoms with E-state index in [1.165, 1.54) is 0 Å². The molecule has 90 valence electrons. The summed E-state index contributed by atoms with van der Waals surface area (Å²) in [4.78, 5) is 21.3. The minimum atomic E-state index is -0.793. The number of carbonyl (C=O) groups excluding carboxylic acids is 1. The molecule has 0 aliphatic heterocycles. The van der Waals surface area contributed by atoms with Gasteiger partial charge in [-0.05, 0) is 18.3 Å². The first-order chi connectivity index (χ1) is 7.91. The van der Waals surface area contributed by atoms with Crippen LogP contribution in [0.5, 0.6) is 5.75 Å². The third-order valence-corrected chi connectivity index (χ3v) is 1.84. The van der Waals surface area contributed by atoms with Gasteiger partial charge in [0.2, 0.25) is 0 Å². The number of hydrogen-bond acceptors (Lipinski definition) is 5. The minimum Gasteiger partial charge on any atom is -0.507 e. The van der Waals surface area contributed by atoms with Crippen molar-refractivity contribution in [2.24, 2.45) is 5.73 Å². The van der Waals surface area contributed by atoms with Crippen molar-refractivity contribution in [2.75, 3.05) is 0 Å². The van der Waals surface area contributed by atoms with Crippen LogP contribution in [0, 0.1) is 10.1 Å². The molecular formula is C8H8N4O4S. The van der Waals surface area contributed by atoms with Crippen LogP contribution in [-0.4, -0.2) is 21.0 Å². The molecule has 0 aliphatic rings. The molecule has 8 nitrogen and oxygen atoms in total. The number of aromatic hydroxyl groups is 1. The summed E-state index contributed by atoms with van der Waals surface area (Å²) in [7, 11) is 0. The van der Waals surface area contributed by atoms with Crippen LogP contribution in [-0.2, 0) is 0 Å². The number of amides is 1. The third kappa shape index (κ3) is 3.28. The van der Waals surface area contributed by atoms with E-state index in [0.717, 1.165) is 18.2 Å². The highest BCUT2D eigenvalue weighted by molar-refractivity contribution is 7.80. The highest BCUT2D eigenvalue weighted by Gasteiger charge is 2.16. The van der Waals surface area contributed by atoms with Gasteiger partial charge in [-0.25, -0.2) is 0 Å². The van der Waals surface area contributed by atoms with Gasteiger partial charge in [0, 0.05) is 12.1 Å². The Morgan fingerprint density at radius 3 is 2.65 bits per heavy atom. The number of benzene rings is 1. The van der Waals surface area contributed by atoms with E-state index < -0.39 is 16.6 Å². The predicted octanol–water partition coefficient (Wildman–Crippen LogP) is -0.222. The van der Waals surface area contributed by atoms with E-state index in [2.05, 4.69) is 23.1 Å². The molecule has 1 rings (SSSR count). The van der Waals surface area contributed by atoms with Gasteiger partial charge in [0.15, 0.2) is 5.11 Å². The van der Waals surface area contributed by atoms with Crippen LogP contribution in [0.1, 0.15) is 10.4 Å². The Balaban J connectivity index is 2.95. The summed E-state index contributed by atoms with van der Waals surface area (Å²) in [6.45, 7) is 0. The second-order valence-corrected chi connectivity index (χ2v) is 3.34. The molecule has 0 bridgehead atoms. The van der Waals surface area contributed by atoms with Gasteiger partial charge in [-0.15, -0.1) is 0 Å². The second-order valence-electron chi connectivity index (χ2n) is 2.90. The van der Waals surface area contributed by atoms with E-state index in [0.29, 0.717) is 0 Å². The number of nitrogens with two attached hydrogens (primary N) is 1. The molecule has 1 aromatic carbocycles. The van der Waals surface area contributed by atoms with Crippen molar-refractivity contribution >= 4 is 28.9 Å². The summed E-state index contributed by atoms with van der Waals surface area (Å²) in [6.07, 6.45) is 0. The summed E-state index contributed by atoms with van der Waals surface area (Å²) in [5.41, 5.74) is 8.71. The zero-order chi connectivity index (χ0) is 13.0. The maximum atomic E-state index is 11.5. The van der Waals surface area contributed by atoms with E-state index in [4.69, 9.17) is 5.73 Å². The van der Waals surface area contributed by atoms with Crippen LogP contribution in [0.4, 0.5) is 5.69 Å². The monoisotopic (exact) mass is 256 g/mol. The van der Waals surface area contributed by atoms with Crippen molar-refractivity contribution in [3.63, 3.8) is 0 Å². The summed E-state index contributed by atoms with van der Waals surface area (Å²) in [6, 6.07) is 3.06. The number of non-ortho nitro benzene ring substituents is 1. The number of rotatable bonds is 2. The van der Waals surface area contributed by atoms with Crippen LogP contribution in [0.3, 0.4) is 0 Å². The molecule has 9 heteroatoms. The number of carbonyl (C=O) groups is 1. The minimum absolute atomic E-state index is 0.178. The number of phenols is 1. The van der Waals surface area contributed by atoms with Gasteiger partial charge in [0.05, 0.1) is 10.5 Å². The molecule has 0 saturated heterocycles. The fourth-order valence-electron chi connectivity index (χ4n) is 1.01. The largest absolute Gasteiger partial charge is 0.507 e. The van der Waals surface area contributed by atoms with Crippen LogP contribution < -0.4 is 16.6 Å². The smallest absolute Gasteiger partial charge is 0.273 e. The Bertz CT molecular complexity index is 490. The number of hydrazine groups is 1. The van der Waals surface area contributed by atoms with Gasteiger partial charge < -0.3 is 10.8 Å². The Kier molecular flexibility index (Phi) is 3.78. The van der Waals surface area contributed by atoms with Crippen LogP contribution in [0.15, 0.2) is 18.2 Å². The van der Waals surface area contributed by atoms with Crippen molar-refractivity contribution in [3.8, 4) is 5.75 Å². The molecule has 0 heterocycles. The maximum Gasteiger partial charge on any atom is 0.273 e. The molecule has 0 aromatic heterocycles. The molecule has 0 fully saturated rings. The van der Waals surface area contributed by atoms with Crippen molar-refractivity contribution in [1.82, 2.24) is 10.9 Å². The SMILES string of the molecule is NC(=S)NNC(=O)c1cc([N+](=O)[O-])ccc1O. The van der Waals surface area contributed by atoms with Crippen molar-refractivity contribution in [1.29, 1.82) is 0 Å². The Labute approximate surface area is 101 Å². The lowest BCUT2D eigenvalue weighted by Crippen LogP contribution is -2.44. The number of phenolic OH excluding ortho intramolecular Hbond substituents is 1. The molecule has 0 unspecified atom stereocenters. The lowest BCUT2D eigenvalue weighted by atomic mass is 10.1. The first kappa shape index (κ1) is 12.6. The molecule has 0 radical (unpaired) electrons. The standard InChI is InChI=1S/C8H8N4O4S/c9-8(17)11-10-7(14)5-3-4(12(15)16)1-2-6(5)13/h1-3,13H,(H,10,14)(H3,9,11,17). The lowest BCUT2D eigenvalue weighted by molar-refractivity contribution is -0.384. The molecule has 1 aromatic rings. The predicted molar refractivity (Wildman–Crippen MR) is 62.1 cm³/mol. The number of nitro benzene ring substituents is 1. The fraction of sp³-hybridized carbons (Fsp3) is 0. The molecular weight excluding hydrogens is 248 g/mol. The first-order valence-electron chi connectivity index (χ1n) is 4.25. The second kappa shape index (κ2) is 5.07. The Hall–Kier alpha value is -2.42. The van der Waals surface area contributed by atoms with Crippen LogP contribution >= 0.6 is 12.2 Å². The summed E-state index contributed by atoms with van der Waals surface area (Å²) in [5.74, 6) is -1.18. The molecule has 0 aliphatic carbocycles. The topological polar surface area (TPSA) is 131 Å². The molecule has 1 amide bonds. The molecule has 5 N–H and O–H groups in total. The molecule has 17 heavy (non-hydrogen) atoms. The van der Waals surface area contributed by atoms with Gasteiger partial charge >= 0.3 is 0 Å². The number of nitro groups is 1. The fourth-order valence-corrected chi connectivity index (χ4v) is 1.06. The van der Waals surface area contributed by atoms with E-state index in [1.807, 2.05) is 0 Å². The van der Waals surface area contributed by atoms with E-state index >= 15 is 0 Å². The summed E-state index contributed by atoms with van der Waals surface area (Å²) in [5, 5.41) is 19.7. The van der Waals surface area contributed by atoms with Gasteiger partial charge in [-0.1, -0.05) is 0 Å². The number of hydrogen-bond donors (Lipinski definition) is 4. The van der Waals surface area contributed by atoms with Crippen molar-refractivity contribution < 1.29 is 14.8 Å². The number of thiocarbonyl (C=S) groups is 1. The highest BCUT2D eigenvalue weighted by atomic mass is 32.1. The zero-order valence-electron chi connectivity index (χ0n) is 8.34. The number of nitrogens with one attached hydrogen (secondary N) is 2.